The number of aryl methyl sites for hydroxylation is 1. The Balaban J connectivity index is 1.66. The van der Waals surface area contributed by atoms with Gasteiger partial charge in [-0.05, 0) is 56.3 Å². The Labute approximate surface area is 185 Å². The molecule has 2 heterocycles. The van der Waals surface area contributed by atoms with Crippen molar-refractivity contribution in [1.82, 2.24) is 4.90 Å². The summed E-state index contributed by atoms with van der Waals surface area (Å²) in [6, 6.07) is 21.0. The maximum Gasteiger partial charge on any atom is 0.335 e. The number of amides is 3. The second-order valence-electron chi connectivity index (χ2n) is 8.17. The van der Waals surface area contributed by atoms with E-state index in [0.29, 0.717) is 28.4 Å². The minimum absolute atomic E-state index is 0.326. The molecule has 2 aliphatic heterocycles. The number of carbonyl (C=O) groups is 2. The van der Waals surface area contributed by atoms with Crippen molar-refractivity contribution in [3.05, 3.63) is 94.5 Å². The van der Waals surface area contributed by atoms with Crippen molar-refractivity contribution in [3.63, 3.8) is 0 Å². The molecule has 6 heteroatoms. The SMILES string of the molecule is Cc1ccc(C(=O)N2C(=O)N(c3ccc(Cl)cc3)[C@]3(C)C[C@@H]2c2ccccc2O3)cc1. The van der Waals surface area contributed by atoms with Crippen LogP contribution in [0, 0.1) is 6.92 Å². The van der Waals surface area contributed by atoms with Gasteiger partial charge in [-0.2, -0.15) is 0 Å². The Bertz CT molecular complexity index is 1180. The molecular formula is C25H21ClN2O3. The van der Waals surface area contributed by atoms with Gasteiger partial charge in [0.15, 0.2) is 5.72 Å². The van der Waals surface area contributed by atoms with E-state index in [1.807, 2.05) is 50.2 Å². The van der Waals surface area contributed by atoms with Crippen LogP contribution in [0.15, 0.2) is 72.8 Å². The lowest BCUT2D eigenvalue weighted by Gasteiger charge is -2.53. The van der Waals surface area contributed by atoms with E-state index in [0.717, 1.165) is 11.1 Å². The van der Waals surface area contributed by atoms with E-state index >= 15 is 0 Å². The number of para-hydroxylation sites is 1. The summed E-state index contributed by atoms with van der Waals surface area (Å²) in [4.78, 5) is 30.3. The highest BCUT2D eigenvalue weighted by Crippen LogP contribution is 2.49. The van der Waals surface area contributed by atoms with Crippen LogP contribution >= 0.6 is 11.6 Å². The molecule has 5 nitrogen and oxygen atoms in total. The van der Waals surface area contributed by atoms with Gasteiger partial charge in [0, 0.05) is 28.3 Å². The number of halogens is 1. The topological polar surface area (TPSA) is 49.9 Å². The molecule has 5 rings (SSSR count). The number of hydrogen-bond acceptors (Lipinski definition) is 3. The molecule has 0 radical (unpaired) electrons. The molecule has 0 unspecified atom stereocenters. The molecule has 3 aromatic carbocycles. The second kappa shape index (κ2) is 7.13. The summed E-state index contributed by atoms with van der Waals surface area (Å²) in [7, 11) is 0. The number of hydrogen-bond donors (Lipinski definition) is 0. The van der Waals surface area contributed by atoms with Crippen LogP contribution in [0.1, 0.15) is 40.9 Å². The normalized spacial score (nSPS) is 22.0. The molecule has 0 aromatic heterocycles. The average molecular weight is 433 g/mol. The van der Waals surface area contributed by atoms with Gasteiger partial charge < -0.3 is 4.74 Å². The minimum Gasteiger partial charge on any atom is -0.467 e. The maximum absolute atomic E-state index is 13.8. The fraction of sp³-hybridized carbons (Fsp3) is 0.200. The second-order valence-corrected chi connectivity index (χ2v) is 8.61. The number of benzene rings is 3. The van der Waals surface area contributed by atoms with Crippen LogP contribution in [0.2, 0.25) is 5.02 Å². The van der Waals surface area contributed by atoms with Crippen LogP contribution in [-0.4, -0.2) is 22.6 Å². The number of ether oxygens (including phenoxy) is 1. The van der Waals surface area contributed by atoms with Gasteiger partial charge in [-0.25, -0.2) is 4.79 Å². The molecular weight excluding hydrogens is 412 g/mol. The number of imide groups is 1. The molecule has 2 aliphatic rings. The predicted molar refractivity (Wildman–Crippen MR) is 120 cm³/mol. The van der Waals surface area contributed by atoms with E-state index in [4.69, 9.17) is 16.3 Å². The zero-order valence-corrected chi connectivity index (χ0v) is 18.0. The minimum atomic E-state index is -0.937. The molecule has 0 saturated carbocycles. The van der Waals surface area contributed by atoms with E-state index in [1.165, 1.54) is 4.90 Å². The zero-order chi connectivity index (χ0) is 21.8. The fourth-order valence-electron chi connectivity index (χ4n) is 4.44. The first-order valence-electron chi connectivity index (χ1n) is 10.2. The highest BCUT2D eigenvalue weighted by atomic mass is 35.5. The van der Waals surface area contributed by atoms with Crippen molar-refractivity contribution < 1.29 is 14.3 Å². The summed E-state index contributed by atoms with van der Waals surface area (Å²) in [6.45, 7) is 3.85. The van der Waals surface area contributed by atoms with Crippen molar-refractivity contribution in [3.8, 4) is 5.75 Å². The lowest BCUT2D eigenvalue weighted by molar-refractivity contribution is 0.00268. The third-order valence-electron chi connectivity index (χ3n) is 5.96. The average Bonchev–Trinajstić information content (AvgIpc) is 2.75. The molecule has 2 bridgehead atoms. The van der Waals surface area contributed by atoms with Crippen molar-refractivity contribution in [2.45, 2.75) is 32.0 Å². The highest BCUT2D eigenvalue weighted by Gasteiger charge is 2.55. The Morgan fingerprint density at radius 3 is 2.42 bits per heavy atom. The van der Waals surface area contributed by atoms with Crippen molar-refractivity contribution in [2.75, 3.05) is 4.90 Å². The molecule has 0 aliphatic carbocycles. The fourth-order valence-corrected chi connectivity index (χ4v) is 4.57. The summed E-state index contributed by atoms with van der Waals surface area (Å²) in [5, 5.41) is 0.568. The van der Waals surface area contributed by atoms with Gasteiger partial charge in [0.1, 0.15) is 5.75 Å². The van der Waals surface area contributed by atoms with Gasteiger partial charge >= 0.3 is 6.03 Å². The van der Waals surface area contributed by atoms with Crippen LogP contribution < -0.4 is 9.64 Å². The summed E-state index contributed by atoms with van der Waals surface area (Å²) < 4.78 is 6.34. The molecule has 0 spiro atoms. The zero-order valence-electron chi connectivity index (χ0n) is 17.2. The Morgan fingerprint density at radius 1 is 1.03 bits per heavy atom. The van der Waals surface area contributed by atoms with Crippen molar-refractivity contribution in [2.24, 2.45) is 0 Å². The molecule has 156 valence electrons. The van der Waals surface area contributed by atoms with Gasteiger partial charge in [0.2, 0.25) is 0 Å². The Kier molecular flexibility index (Phi) is 4.52. The first kappa shape index (κ1) is 19.6. The molecule has 1 saturated heterocycles. The summed E-state index contributed by atoms with van der Waals surface area (Å²) in [5.41, 5.74) is 2.05. The van der Waals surface area contributed by atoms with E-state index in [1.54, 1.807) is 41.3 Å². The van der Waals surface area contributed by atoms with Crippen LogP contribution in [0.25, 0.3) is 0 Å². The maximum atomic E-state index is 13.8. The number of urea groups is 1. The first-order chi connectivity index (χ1) is 14.9. The molecule has 3 aromatic rings. The van der Waals surface area contributed by atoms with Crippen LogP contribution in [0.4, 0.5) is 10.5 Å². The van der Waals surface area contributed by atoms with E-state index in [2.05, 4.69) is 0 Å². The summed E-state index contributed by atoms with van der Waals surface area (Å²) >= 11 is 6.07. The number of rotatable bonds is 2. The lowest BCUT2D eigenvalue weighted by Crippen LogP contribution is -2.67. The van der Waals surface area contributed by atoms with E-state index in [9.17, 15) is 9.59 Å². The van der Waals surface area contributed by atoms with E-state index < -0.39 is 17.8 Å². The van der Waals surface area contributed by atoms with Crippen molar-refractivity contribution >= 4 is 29.2 Å². The molecule has 0 N–H and O–H groups in total. The standard InChI is InChI=1S/C25H21ClN2O3/c1-16-7-9-17(10-8-16)23(29)27-21-15-25(2,31-22-6-4-3-5-20(21)22)28(24(27)30)19-13-11-18(26)12-14-19/h3-14,21H,15H2,1-2H3/t21-,25+/m1/s1. The monoisotopic (exact) mass is 432 g/mol. The van der Waals surface area contributed by atoms with Gasteiger partial charge in [0.25, 0.3) is 5.91 Å². The summed E-state index contributed by atoms with van der Waals surface area (Å²) in [6.07, 6.45) is 0.454. The lowest BCUT2D eigenvalue weighted by atomic mass is 9.88. The first-order valence-corrected chi connectivity index (χ1v) is 10.5. The predicted octanol–water partition coefficient (Wildman–Crippen LogP) is 5.97. The van der Waals surface area contributed by atoms with Gasteiger partial charge in [-0.15, -0.1) is 0 Å². The molecule has 3 amide bonds. The quantitative estimate of drug-likeness (QED) is 0.501. The van der Waals surface area contributed by atoms with Crippen LogP contribution in [-0.2, 0) is 0 Å². The van der Waals surface area contributed by atoms with Crippen LogP contribution in [0.3, 0.4) is 0 Å². The van der Waals surface area contributed by atoms with Crippen LogP contribution in [0.5, 0.6) is 5.75 Å². The smallest absolute Gasteiger partial charge is 0.335 e. The van der Waals surface area contributed by atoms with Gasteiger partial charge in [-0.3, -0.25) is 14.6 Å². The van der Waals surface area contributed by atoms with Gasteiger partial charge in [0.05, 0.1) is 6.04 Å². The summed E-state index contributed by atoms with van der Waals surface area (Å²) in [5.74, 6) is 0.349. The largest absolute Gasteiger partial charge is 0.467 e. The highest BCUT2D eigenvalue weighted by molar-refractivity contribution is 6.30. The van der Waals surface area contributed by atoms with Crippen molar-refractivity contribution in [1.29, 1.82) is 0 Å². The number of anilines is 1. The number of fused-ring (bicyclic) bond motifs is 4. The third-order valence-corrected chi connectivity index (χ3v) is 6.22. The molecule has 1 fully saturated rings. The van der Waals surface area contributed by atoms with Gasteiger partial charge in [-0.1, -0.05) is 47.5 Å². The number of nitrogens with zero attached hydrogens (tertiary/aromatic N) is 2. The van der Waals surface area contributed by atoms with E-state index in [-0.39, 0.29) is 5.91 Å². The Hall–Kier alpha value is -3.31. The molecule has 31 heavy (non-hydrogen) atoms. The third kappa shape index (κ3) is 3.17. The number of carbonyl (C=O) groups excluding carboxylic acids is 2. The Morgan fingerprint density at radius 2 is 1.71 bits per heavy atom. The molecule has 2 atom stereocenters.